The predicted octanol–water partition coefficient (Wildman–Crippen LogP) is 4.98. The number of carbonyl (C=O) groups excluding carboxylic acids is 1. The van der Waals surface area contributed by atoms with Crippen LogP contribution in [0.5, 0.6) is 0 Å². The van der Waals surface area contributed by atoms with Crippen molar-refractivity contribution in [2.45, 2.75) is 20.3 Å². The van der Waals surface area contributed by atoms with Crippen molar-refractivity contribution in [1.29, 1.82) is 0 Å². The summed E-state index contributed by atoms with van der Waals surface area (Å²) in [4.78, 5) is 16.7. The maximum absolute atomic E-state index is 13.3. The summed E-state index contributed by atoms with van der Waals surface area (Å²) < 4.78 is 19.5. The first kappa shape index (κ1) is 15.8. The number of carbonyl (C=O) groups is 1. The molecule has 2 heterocycles. The Labute approximate surface area is 147 Å². The summed E-state index contributed by atoms with van der Waals surface area (Å²) in [7, 11) is 0. The van der Waals surface area contributed by atoms with Gasteiger partial charge in [-0.1, -0.05) is 11.3 Å². The van der Waals surface area contributed by atoms with Crippen LogP contribution in [0.3, 0.4) is 0 Å². The van der Waals surface area contributed by atoms with Gasteiger partial charge in [0.05, 0.1) is 22.9 Å². The van der Waals surface area contributed by atoms with E-state index in [9.17, 15) is 9.18 Å². The molecule has 1 N–H and O–H groups in total. The first-order valence-corrected chi connectivity index (χ1v) is 8.64. The Hall–Kier alpha value is -2.73. The summed E-state index contributed by atoms with van der Waals surface area (Å²) in [5.41, 5.74) is 4.59. The number of halogens is 1. The van der Waals surface area contributed by atoms with Crippen molar-refractivity contribution < 1.29 is 13.6 Å². The highest BCUT2D eigenvalue weighted by atomic mass is 32.1. The summed E-state index contributed by atoms with van der Waals surface area (Å²) in [5.74, 6) is -0.495. The highest BCUT2D eigenvalue weighted by Crippen LogP contribution is 2.28. The Morgan fingerprint density at radius 3 is 2.88 bits per heavy atom. The van der Waals surface area contributed by atoms with E-state index in [0.717, 1.165) is 27.7 Å². The number of thiazole rings is 1. The van der Waals surface area contributed by atoms with Gasteiger partial charge < -0.3 is 9.73 Å². The van der Waals surface area contributed by atoms with E-state index in [1.54, 1.807) is 12.3 Å². The zero-order valence-corrected chi connectivity index (χ0v) is 14.5. The lowest BCUT2D eigenvalue weighted by Gasteiger charge is -2.02. The van der Waals surface area contributed by atoms with Gasteiger partial charge in [0.15, 0.2) is 5.13 Å². The molecule has 4 nitrogen and oxygen atoms in total. The van der Waals surface area contributed by atoms with Crippen LogP contribution in [-0.2, 0) is 11.2 Å². The van der Waals surface area contributed by atoms with Crippen LogP contribution in [0.4, 0.5) is 9.52 Å². The topological polar surface area (TPSA) is 55.1 Å². The molecule has 0 spiro atoms. The van der Waals surface area contributed by atoms with E-state index in [1.165, 1.54) is 23.5 Å². The number of anilines is 1. The second kappa shape index (κ2) is 5.97. The standard InChI is InChI=1S/C19H15FN2O2S/c1-10-5-14-12(9-24-16(14)6-11(10)2)7-18(23)22-19-21-15-4-3-13(20)8-17(15)25-19/h3-6,8-9H,7H2,1-2H3,(H,21,22,23). The van der Waals surface area contributed by atoms with E-state index in [1.807, 2.05) is 26.0 Å². The van der Waals surface area contributed by atoms with Gasteiger partial charge in [0.25, 0.3) is 0 Å². The van der Waals surface area contributed by atoms with E-state index >= 15 is 0 Å². The third-order valence-corrected chi connectivity index (χ3v) is 5.15. The highest BCUT2D eigenvalue weighted by Gasteiger charge is 2.13. The smallest absolute Gasteiger partial charge is 0.230 e. The summed E-state index contributed by atoms with van der Waals surface area (Å²) in [5, 5.41) is 4.20. The number of hydrogen-bond donors (Lipinski definition) is 1. The van der Waals surface area contributed by atoms with E-state index in [-0.39, 0.29) is 18.1 Å². The number of furan rings is 1. The van der Waals surface area contributed by atoms with Gasteiger partial charge in [-0.3, -0.25) is 4.79 Å². The zero-order chi connectivity index (χ0) is 17.6. The van der Waals surface area contributed by atoms with Crippen molar-refractivity contribution in [1.82, 2.24) is 4.98 Å². The number of benzene rings is 2. The normalized spacial score (nSPS) is 11.3. The van der Waals surface area contributed by atoms with Gasteiger partial charge in [-0.15, -0.1) is 0 Å². The molecule has 0 bridgehead atoms. The van der Waals surface area contributed by atoms with E-state index < -0.39 is 0 Å². The van der Waals surface area contributed by atoms with E-state index in [4.69, 9.17) is 4.42 Å². The molecule has 4 rings (SSSR count). The van der Waals surface area contributed by atoms with Gasteiger partial charge in [0, 0.05) is 10.9 Å². The number of nitrogens with zero attached hydrogens (tertiary/aromatic N) is 1. The summed E-state index contributed by atoms with van der Waals surface area (Å²) >= 11 is 1.25. The van der Waals surface area contributed by atoms with Crippen LogP contribution in [-0.4, -0.2) is 10.9 Å². The predicted molar refractivity (Wildman–Crippen MR) is 97.6 cm³/mol. The molecule has 0 atom stereocenters. The van der Waals surface area contributed by atoms with Crippen molar-refractivity contribution in [3.05, 3.63) is 59.1 Å². The lowest BCUT2D eigenvalue weighted by Crippen LogP contribution is -2.13. The number of nitrogens with one attached hydrogen (secondary N) is 1. The molecule has 0 unspecified atom stereocenters. The van der Waals surface area contributed by atoms with Crippen LogP contribution in [0.2, 0.25) is 0 Å². The van der Waals surface area contributed by atoms with Gasteiger partial charge in [0.1, 0.15) is 11.4 Å². The van der Waals surface area contributed by atoms with Crippen LogP contribution in [0.1, 0.15) is 16.7 Å². The van der Waals surface area contributed by atoms with Crippen molar-refractivity contribution in [3.63, 3.8) is 0 Å². The van der Waals surface area contributed by atoms with Crippen molar-refractivity contribution in [3.8, 4) is 0 Å². The molecule has 25 heavy (non-hydrogen) atoms. The molecule has 2 aromatic carbocycles. The molecule has 0 radical (unpaired) electrons. The van der Waals surface area contributed by atoms with Crippen LogP contribution in [0.25, 0.3) is 21.2 Å². The van der Waals surface area contributed by atoms with Gasteiger partial charge in [0.2, 0.25) is 5.91 Å². The largest absolute Gasteiger partial charge is 0.464 e. The molecular formula is C19H15FN2O2S. The molecular weight excluding hydrogens is 339 g/mol. The Morgan fingerprint density at radius 2 is 2.04 bits per heavy atom. The van der Waals surface area contributed by atoms with Gasteiger partial charge in [-0.2, -0.15) is 0 Å². The van der Waals surface area contributed by atoms with E-state index in [2.05, 4.69) is 10.3 Å². The fourth-order valence-corrected chi connectivity index (χ4v) is 3.67. The second-order valence-corrected chi connectivity index (χ2v) is 7.08. The monoisotopic (exact) mass is 354 g/mol. The molecule has 0 aliphatic rings. The minimum absolute atomic E-state index is 0.180. The Morgan fingerprint density at radius 1 is 1.24 bits per heavy atom. The van der Waals surface area contributed by atoms with Crippen LogP contribution < -0.4 is 5.32 Å². The van der Waals surface area contributed by atoms with Crippen molar-refractivity contribution in [2.75, 3.05) is 5.32 Å². The molecule has 6 heteroatoms. The lowest BCUT2D eigenvalue weighted by atomic mass is 10.0. The molecule has 0 saturated carbocycles. The van der Waals surface area contributed by atoms with Crippen molar-refractivity contribution >= 4 is 43.6 Å². The first-order valence-electron chi connectivity index (χ1n) is 7.83. The third-order valence-electron chi connectivity index (χ3n) is 4.22. The Bertz CT molecular complexity index is 1110. The third kappa shape index (κ3) is 3.00. The number of amides is 1. The number of aryl methyl sites for hydroxylation is 2. The molecule has 0 saturated heterocycles. The maximum Gasteiger partial charge on any atom is 0.230 e. The number of rotatable bonds is 3. The zero-order valence-electron chi connectivity index (χ0n) is 13.7. The van der Waals surface area contributed by atoms with Gasteiger partial charge in [-0.05, 0) is 55.3 Å². The van der Waals surface area contributed by atoms with E-state index in [0.29, 0.717) is 15.3 Å². The van der Waals surface area contributed by atoms with Crippen LogP contribution >= 0.6 is 11.3 Å². The minimum Gasteiger partial charge on any atom is -0.464 e. The lowest BCUT2D eigenvalue weighted by molar-refractivity contribution is -0.115. The molecule has 1 amide bonds. The SMILES string of the molecule is Cc1cc2occ(CC(=O)Nc3nc4ccc(F)cc4s3)c2cc1C. The maximum atomic E-state index is 13.3. The fraction of sp³-hybridized carbons (Fsp3) is 0.158. The molecule has 2 aromatic heterocycles. The minimum atomic E-state index is -0.315. The Balaban J connectivity index is 1.56. The fourth-order valence-electron chi connectivity index (χ4n) is 2.76. The molecule has 126 valence electrons. The average Bonchev–Trinajstić information content (AvgIpc) is 3.11. The summed E-state index contributed by atoms with van der Waals surface area (Å²) in [6, 6.07) is 8.39. The van der Waals surface area contributed by atoms with Gasteiger partial charge >= 0.3 is 0 Å². The first-order chi connectivity index (χ1) is 12.0. The average molecular weight is 354 g/mol. The van der Waals surface area contributed by atoms with Crippen LogP contribution in [0, 0.1) is 19.7 Å². The molecule has 0 aliphatic heterocycles. The molecule has 0 fully saturated rings. The number of fused-ring (bicyclic) bond motifs is 2. The molecule has 4 aromatic rings. The second-order valence-electron chi connectivity index (χ2n) is 6.05. The highest BCUT2D eigenvalue weighted by molar-refractivity contribution is 7.22. The van der Waals surface area contributed by atoms with Gasteiger partial charge in [-0.25, -0.2) is 9.37 Å². The van der Waals surface area contributed by atoms with Crippen LogP contribution in [0.15, 0.2) is 41.0 Å². The molecule has 0 aliphatic carbocycles. The summed E-state index contributed by atoms with van der Waals surface area (Å²) in [6.07, 6.45) is 1.82. The Kier molecular flexibility index (Phi) is 3.77. The quantitative estimate of drug-likeness (QED) is 0.564. The van der Waals surface area contributed by atoms with Crippen molar-refractivity contribution in [2.24, 2.45) is 0 Å². The summed E-state index contributed by atoms with van der Waals surface area (Å²) in [6.45, 7) is 4.06. The number of aromatic nitrogens is 1. The number of hydrogen-bond acceptors (Lipinski definition) is 4.